The van der Waals surface area contributed by atoms with Crippen molar-refractivity contribution in [2.45, 2.75) is 105 Å². The average Bonchev–Trinajstić information content (AvgIpc) is 3.14. The third kappa shape index (κ3) is 7.56. The quantitative estimate of drug-likeness (QED) is 0.107. The van der Waals surface area contributed by atoms with E-state index < -0.39 is 134 Å². The Morgan fingerprint density at radius 1 is 0.593 bits per heavy atom. The van der Waals surface area contributed by atoms with Gasteiger partial charge in [-0.15, -0.1) is 0 Å². The Labute approximate surface area is 304 Å². The maximum Gasteiger partial charge on any atom is 0.229 e. The van der Waals surface area contributed by atoms with Gasteiger partial charge in [0.2, 0.25) is 12.6 Å². The topological polar surface area (TPSA) is 348 Å². The molecule has 4 aliphatic rings. The molecule has 16 atom stereocenters. The van der Waals surface area contributed by atoms with Crippen LogP contribution in [-0.4, -0.2) is 177 Å². The zero-order chi connectivity index (χ0) is 39.3. The highest BCUT2D eigenvalue weighted by molar-refractivity contribution is 5.70. The molecule has 0 saturated carbocycles. The molecule has 3 fully saturated rings. The number of hydrogen-bond acceptors (Lipinski definition) is 21. The number of aliphatic hydroxyl groups excluding tert-OH is 10. The van der Waals surface area contributed by atoms with E-state index >= 15 is 0 Å². The van der Waals surface area contributed by atoms with Crippen LogP contribution in [0.3, 0.4) is 0 Å². The first-order chi connectivity index (χ1) is 25.5. The standard InChI is InChI=1S/C33H42O21/c1-9-20(38)24(42)27(45)31(49-9)48-8-19-23(41)26(44)29(47)33(54-19)52-17-6-12-13(35)4-11(50-32-28(46)25(43)22(40)18(7-34)53-32)5-16(12)51-30(17)10-2-14(36)21(39)15(37)3-10/h2-6,9,18-20,22-47H,7-8H2,1H3. The Balaban J connectivity index is 1.28. The van der Waals surface area contributed by atoms with Crippen molar-refractivity contribution in [3.05, 3.63) is 41.2 Å². The van der Waals surface area contributed by atoms with Crippen LogP contribution < -0.4 is 9.47 Å². The van der Waals surface area contributed by atoms with E-state index in [9.17, 15) is 71.5 Å². The van der Waals surface area contributed by atoms with Gasteiger partial charge in [0, 0.05) is 17.7 Å². The zero-order valence-corrected chi connectivity index (χ0v) is 28.2. The first kappa shape index (κ1) is 39.9. The van der Waals surface area contributed by atoms with Gasteiger partial charge in [-0.1, -0.05) is 0 Å². The van der Waals surface area contributed by atoms with E-state index in [4.69, 9.17) is 33.2 Å². The first-order valence-electron chi connectivity index (χ1n) is 16.7. The third-order valence-electron chi connectivity index (χ3n) is 9.53. The lowest BCUT2D eigenvalue weighted by Gasteiger charge is -2.43. The van der Waals surface area contributed by atoms with E-state index in [1.807, 2.05) is 0 Å². The maximum atomic E-state index is 11.0. The molecule has 0 aliphatic carbocycles. The van der Waals surface area contributed by atoms with Crippen molar-refractivity contribution >= 4 is 6.08 Å². The molecule has 54 heavy (non-hydrogen) atoms. The van der Waals surface area contributed by atoms with Crippen molar-refractivity contribution in [2.24, 2.45) is 0 Å². The van der Waals surface area contributed by atoms with Gasteiger partial charge in [-0.05, 0) is 25.1 Å². The van der Waals surface area contributed by atoms with Gasteiger partial charge in [0.25, 0.3) is 0 Å². The minimum atomic E-state index is -1.95. The van der Waals surface area contributed by atoms with Crippen molar-refractivity contribution in [3.63, 3.8) is 0 Å². The molecular formula is C33H42O21. The van der Waals surface area contributed by atoms with E-state index in [0.29, 0.717) is 0 Å². The molecule has 2 aromatic rings. The predicted octanol–water partition coefficient (Wildman–Crippen LogP) is -4.17. The Bertz CT molecular complexity index is 1650. The molecule has 300 valence electrons. The summed E-state index contributed by atoms with van der Waals surface area (Å²) in [6, 6.07) is 4.24. The van der Waals surface area contributed by atoms with Crippen LogP contribution >= 0.6 is 0 Å². The van der Waals surface area contributed by atoms with E-state index in [1.165, 1.54) is 19.1 Å². The van der Waals surface area contributed by atoms with Crippen LogP contribution in [0.25, 0.3) is 6.08 Å². The second-order valence-electron chi connectivity index (χ2n) is 13.3. The lowest BCUT2D eigenvalue weighted by molar-refractivity contribution is -0.324. The number of aromatic hydroxyl groups is 4. The second kappa shape index (κ2) is 15.8. The van der Waals surface area contributed by atoms with E-state index in [0.717, 1.165) is 18.2 Å². The second-order valence-corrected chi connectivity index (χ2v) is 13.3. The van der Waals surface area contributed by atoms with E-state index in [2.05, 4.69) is 0 Å². The minimum Gasteiger partial charge on any atom is -0.507 e. The van der Waals surface area contributed by atoms with Crippen LogP contribution in [0.5, 0.6) is 34.5 Å². The van der Waals surface area contributed by atoms with Gasteiger partial charge in [0.05, 0.1) is 24.9 Å². The summed E-state index contributed by atoms with van der Waals surface area (Å²) in [5, 5.41) is 144. The summed E-state index contributed by atoms with van der Waals surface area (Å²) in [5.74, 6) is -3.65. The van der Waals surface area contributed by atoms with Crippen molar-refractivity contribution in [1.82, 2.24) is 0 Å². The van der Waals surface area contributed by atoms with Crippen LogP contribution in [0.2, 0.25) is 0 Å². The molecule has 4 heterocycles. The smallest absolute Gasteiger partial charge is 0.229 e. The van der Waals surface area contributed by atoms with Gasteiger partial charge in [0.15, 0.2) is 29.6 Å². The van der Waals surface area contributed by atoms with Gasteiger partial charge in [-0.2, -0.15) is 0 Å². The van der Waals surface area contributed by atoms with Gasteiger partial charge in [-0.3, -0.25) is 0 Å². The molecule has 16 unspecified atom stereocenters. The van der Waals surface area contributed by atoms with Crippen molar-refractivity contribution < 1.29 is 105 Å². The molecule has 0 bridgehead atoms. The average molecular weight is 775 g/mol. The normalized spacial score (nSPS) is 39.6. The number of benzene rings is 2. The highest BCUT2D eigenvalue weighted by Gasteiger charge is 2.49. The lowest BCUT2D eigenvalue weighted by atomic mass is 9.98. The third-order valence-corrected chi connectivity index (χ3v) is 9.53. The summed E-state index contributed by atoms with van der Waals surface area (Å²) in [5.41, 5.74) is -0.165. The van der Waals surface area contributed by atoms with Crippen LogP contribution in [0.1, 0.15) is 24.2 Å². The summed E-state index contributed by atoms with van der Waals surface area (Å²) < 4.78 is 39.6. The highest BCUT2D eigenvalue weighted by atomic mass is 16.7. The Morgan fingerprint density at radius 2 is 1.15 bits per heavy atom. The zero-order valence-electron chi connectivity index (χ0n) is 28.2. The van der Waals surface area contributed by atoms with E-state index in [-0.39, 0.29) is 28.4 Å². The molecule has 21 heteroatoms. The summed E-state index contributed by atoms with van der Waals surface area (Å²) in [4.78, 5) is 0. The maximum absolute atomic E-state index is 11.0. The monoisotopic (exact) mass is 774 g/mol. The van der Waals surface area contributed by atoms with Gasteiger partial charge >= 0.3 is 0 Å². The number of ether oxygens (including phenoxy) is 7. The molecule has 2 aromatic carbocycles. The van der Waals surface area contributed by atoms with E-state index in [1.54, 1.807) is 0 Å². The molecule has 6 rings (SSSR count). The fourth-order valence-corrected chi connectivity index (χ4v) is 6.33. The number of fused-ring (bicyclic) bond motifs is 1. The number of phenols is 4. The van der Waals surface area contributed by atoms with Crippen molar-refractivity contribution in [1.29, 1.82) is 0 Å². The Kier molecular flexibility index (Phi) is 11.6. The van der Waals surface area contributed by atoms with Gasteiger partial charge in [0.1, 0.15) is 90.2 Å². The summed E-state index contributed by atoms with van der Waals surface area (Å²) >= 11 is 0. The minimum absolute atomic E-state index is 0.0801. The molecule has 0 amide bonds. The van der Waals surface area contributed by atoms with Crippen LogP contribution in [-0.2, 0) is 23.7 Å². The molecule has 3 saturated heterocycles. The molecule has 0 aromatic heterocycles. The number of aliphatic hydroxyl groups is 10. The lowest BCUT2D eigenvalue weighted by Crippen LogP contribution is -2.61. The predicted molar refractivity (Wildman–Crippen MR) is 171 cm³/mol. The van der Waals surface area contributed by atoms with Crippen LogP contribution in [0.15, 0.2) is 30.0 Å². The van der Waals surface area contributed by atoms with Gasteiger partial charge in [-0.25, -0.2) is 0 Å². The highest BCUT2D eigenvalue weighted by Crippen LogP contribution is 2.47. The van der Waals surface area contributed by atoms with Gasteiger partial charge < -0.3 is 105 Å². The number of phenolic OH excluding ortho intramolecular Hbond substituents is 4. The first-order valence-corrected chi connectivity index (χ1v) is 16.7. The summed E-state index contributed by atoms with van der Waals surface area (Å²) in [7, 11) is 0. The van der Waals surface area contributed by atoms with Crippen LogP contribution in [0.4, 0.5) is 0 Å². The largest absolute Gasteiger partial charge is 0.507 e. The van der Waals surface area contributed by atoms with Crippen molar-refractivity contribution in [3.8, 4) is 34.5 Å². The Morgan fingerprint density at radius 3 is 1.78 bits per heavy atom. The van der Waals surface area contributed by atoms with Crippen LogP contribution in [0, 0.1) is 0 Å². The molecule has 0 spiro atoms. The summed E-state index contributed by atoms with van der Waals surface area (Å²) in [6.45, 7) is 0.0715. The SMILES string of the molecule is CC1OC(OCC2OC(OC3=Cc4c(O)cc(OC5OC(CO)C(O)C(O)C5O)cc4OC3c3cc(O)c(O)c(O)c3)C(O)C(O)C2O)C(O)C(O)C1O. The Hall–Kier alpha value is -3.78. The molecule has 0 radical (unpaired) electrons. The molecular weight excluding hydrogens is 732 g/mol. The molecule has 21 nitrogen and oxygen atoms in total. The fourth-order valence-electron chi connectivity index (χ4n) is 6.33. The van der Waals surface area contributed by atoms with Crippen molar-refractivity contribution in [2.75, 3.05) is 13.2 Å². The molecule has 14 N–H and O–H groups in total. The number of rotatable bonds is 9. The molecule has 4 aliphatic heterocycles. The summed E-state index contributed by atoms with van der Waals surface area (Å²) in [6.07, 6.45) is -24.7. The number of hydrogen-bond donors (Lipinski definition) is 14. The fraction of sp³-hybridized carbons (Fsp3) is 0.576.